The third-order valence-corrected chi connectivity index (χ3v) is 4.50. The Labute approximate surface area is 102 Å². The van der Waals surface area contributed by atoms with Crippen LogP contribution in [0.1, 0.15) is 33.6 Å². The highest BCUT2D eigenvalue weighted by Gasteiger charge is 2.35. The zero-order valence-corrected chi connectivity index (χ0v) is 11.8. The van der Waals surface area contributed by atoms with Gasteiger partial charge in [0.05, 0.1) is 13.2 Å². The maximum Gasteiger partial charge on any atom is 0.381 e. The van der Waals surface area contributed by atoms with Crippen LogP contribution in [0.2, 0.25) is 0 Å². The number of rotatable bonds is 3. The Morgan fingerprint density at radius 2 is 1.93 bits per heavy atom. The minimum absolute atomic E-state index is 0.0119. The second-order valence-corrected chi connectivity index (χ2v) is 7.76. The van der Waals surface area contributed by atoms with Crippen molar-refractivity contribution < 1.29 is 13.6 Å². The first-order valence-corrected chi connectivity index (χ1v) is 7.95. The van der Waals surface area contributed by atoms with Gasteiger partial charge in [-0.15, -0.1) is 0 Å². The van der Waals surface area contributed by atoms with Crippen LogP contribution in [0.4, 0.5) is 0 Å². The van der Waals surface area contributed by atoms with Crippen molar-refractivity contribution in [3.63, 3.8) is 0 Å². The van der Waals surface area contributed by atoms with Gasteiger partial charge in [-0.25, -0.2) is 0 Å². The molecule has 1 aliphatic rings. The van der Waals surface area contributed by atoms with Gasteiger partial charge >= 0.3 is 6.72 Å². The summed E-state index contributed by atoms with van der Waals surface area (Å²) < 4.78 is 16.4. The van der Waals surface area contributed by atoms with Crippen LogP contribution in [-0.4, -0.2) is 18.3 Å². The van der Waals surface area contributed by atoms with Gasteiger partial charge in [0.2, 0.25) is 0 Å². The van der Waals surface area contributed by atoms with Crippen molar-refractivity contribution in [2.24, 2.45) is 5.41 Å². The van der Waals surface area contributed by atoms with E-state index in [1.54, 1.807) is 0 Å². The summed E-state index contributed by atoms with van der Waals surface area (Å²) in [5.41, 5.74) is 0.0119. The third-order valence-electron chi connectivity index (χ3n) is 1.89. The molecule has 0 spiro atoms. The Morgan fingerprint density at radius 1 is 1.40 bits per heavy atom. The Morgan fingerprint density at radius 3 is 2.40 bits per heavy atom. The predicted octanol–water partition coefficient (Wildman–Crippen LogP) is 3.43. The third kappa shape index (κ3) is 4.45. The fourth-order valence-corrected chi connectivity index (χ4v) is 3.78. The molecule has 0 aromatic heterocycles. The van der Waals surface area contributed by atoms with Crippen LogP contribution in [-0.2, 0) is 25.4 Å². The molecule has 1 rings (SSSR count). The van der Waals surface area contributed by atoms with Crippen molar-refractivity contribution in [3.8, 4) is 0 Å². The van der Waals surface area contributed by atoms with E-state index in [0.29, 0.717) is 18.3 Å². The first-order chi connectivity index (χ1) is 6.87. The average Bonchev–Trinajstić information content (AvgIpc) is 2.12. The van der Waals surface area contributed by atoms with E-state index in [4.69, 9.17) is 37.6 Å². The van der Waals surface area contributed by atoms with Crippen molar-refractivity contribution in [2.45, 2.75) is 33.6 Å². The quantitative estimate of drug-likeness (QED) is 0.577. The highest BCUT2D eigenvalue weighted by molar-refractivity contribution is 8.08. The van der Waals surface area contributed by atoms with Crippen molar-refractivity contribution in [1.82, 2.24) is 0 Å². The molecule has 1 heterocycles. The molecule has 0 aromatic rings. The molecule has 1 aliphatic heterocycles. The van der Waals surface area contributed by atoms with Crippen LogP contribution < -0.4 is 0 Å². The van der Waals surface area contributed by atoms with Crippen LogP contribution in [0.5, 0.6) is 0 Å². The van der Waals surface area contributed by atoms with Gasteiger partial charge in [0, 0.05) is 23.6 Å². The zero-order chi connectivity index (χ0) is 11.5. The summed E-state index contributed by atoms with van der Waals surface area (Å²) in [6.45, 7) is 4.72. The van der Waals surface area contributed by atoms with E-state index in [9.17, 15) is 0 Å². The van der Waals surface area contributed by atoms with Gasteiger partial charge < -0.3 is 4.52 Å². The molecule has 1 fully saturated rings. The summed E-state index contributed by atoms with van der Waals surface area (Å²) in [6.07, 6.45) is 1.67. The molecule has 0 N–H and O–H groups in total. The highest BCUT2D eigenvalue weighted by atomic mass is 32.5. The molecule has 0 aromatic carbocycles. The molecule has 0 radical (unpaired) electrons. The van der Waals surface area contributed by atoms with Crippen molar-refractivity contribution in [2.75, 3.05) is 13.2 Å². The van der Waals surface area contributed by atoms with Gasteiger partial charge in [0.25, 0.3) is 0 Å². The number of thiocarbonyl (C=S) groups is 1. The monoisotopic (exact) mass is 268 g/mol. The topological polar surface area (TPSA) is 27.7 Å². The van der Waals surface area contributed by atoms with Crippen LogP contribution in [0, 0.1) is 5.41 Å². The maximum absolute atomic E-state index is 5.49. The lowest BCUT2D eigenvalue weighted by Crippen LogP contribution is -2.30. The summed E-state index contributed by atoms with van der Waals surface area (Å²) in [4.78, 5) is 0. The second-order valence-electron chi connectivity index (χ2n) is 4.37. The van der Waals surface area contributed by atoms with Crippen LogP contribution in [0.15, 0.2) is 0 Å². The lowest BCUT2D eigenvalue weighted by atomic mass is 9.97. The summed E-state index contributed by atoms with van der Waals surface area (Å²) in [6, 6.07) is 0. The van der Waals surface area contributed by atoms with Gasteiger partial charge in [-0.1, -0.05) is 20.8 Å². The smallest absolute Gasteiger partial charge is 0.381 e. The molecule has 88 valence electrons. The average molecular weight is 268 g/mol. The van der Waals surface area contributed by atoms with Gasteiger partial charge in [0.15, 0.2) is 5.05 Å². The van der Waals surface area contributed by atoms with Gasteiger partial charge in [-0.2, -0.15) is 0 Å². The van der Waals surface area contributed by atoms with E-state index >= 15 is 0 Å². The first-order valence-electron chi connectivity index (χ1n) is 4.98. The van der Waals surface area contributed by atoms with Crippen molar-refractivity contribution in [1.29, 1.82) is 0 Å². The fraction of sp³-hybridized carbons (Fsp3) is 0.889. The molecule has 0 bridgehead atoms. The maximum atomic E-state index is 5.49. The Bertz CT molecular complexity index is 277. The van der Waals surface area contributed by atoms with Gasteiger partial charge in [-0.3, -0.25) is 9.05 Å². The molecule has 0 aliphatic carbocycles. The molecule has 3 nitrogen and oxygen atoms in total. The molecule has 0 saturated carbocycles. The van der Waals surface area contributed by atoms with E-state index in [-0.39, 0.29) is 5.41 Å². The van der Waals surface area contributed by atoms with E-state index in [1.807, 2.05) is 6.92 Å². The van der Waals surface area contributed by atoms with E-state index in [0.717, 1.165) is 12.8 Å². The Kier molecular flexibility index (Phi) is 4.68. The molecule has 1 saturated heterocycles. The minimum Gasteiger partial charge on any atom is -0.417 e. The molecular formula is C9H17O3PS2. The second kappa shape index (κ2) is 5.19. The standard InChI is InChI=1S/C9H17O3PS2/c1-4-5-8(14)12-13(15)10-6-9(2,3)7-11-13/h4-7H2,1-3H3. The number of hydrogen-bond donors (Lipinski definition) is 0. The van der Waals surface area contributed by atoms with Crippen molar-refractivity contribution in [3.05, 3.63) is 0 Å². The van der Waals surface area contributed by atoms with Gasteiger partial charge in [0.1, 0.15) is 0 Å². The largest absolute Gasteiger partial charge is 0.417 e. The molecule has 0 amide bonds. The molecular weight excluding hydrogens is 251 g/mol. The molecule has 0 atom stereocenters. The minimum atomic E-state index is -2.59. The Balaban J connectivity index is 2.49. The Hall–Kier alpha value is 0.460. The van der Waals surface area contributed by atoms with Crippen molar-refractivity contribution >= 4 is 35.8 Å². The lowest BCUT2D eigenvalue weighted by molar-refractivity contribution is 0.0395. The molecule has 15 heavy (non-hydrogen) atoms. The van der Waals surface area contributed by atoms with E-state index < -0.39 is 6.72 Å². The SMILES string of the molecule is CCCC(=S)OP1(=S)OCC(C)(C)CO1. The fourth-order valence-electron chi connectivity index (χ4n) is 1.01. The zero-order valence-electron chi connectivity index (χ0n) is 9.32. The molecule has 0 unspecified atom stereocenters. The summed E-state index contributed by atoms with van der Waals surface area (Å²) in [5.74, 6) is 0. The van der Waals surface area contributed by atoms with E-state index in [2.05, 4.69) is 13.8 Å². The van der Waals surface area contributed by atoms with Gasteiger partial charge in [-0.05, 0) is 18.6 Å². The van der Waals surface area contributed by atoms with Crippen LogP contribution in [0.3, 0.4) is 0 Å². The lowest BCUT2D eigenvalue weighted by Gasteiger charge is -2.35. The van der Waals surface area contributed by atoms with E-state index in [1.165, 1.54) is 0 Å². The number of hydrogen-bond acceptors (Lipinski definition) is 5. The summed E-state index contributed by atoms with van der Waals surface area (Å²) in [7, 11) is 0. The van der Waals surface area contributed by atoms with Crippen LogP contribution >= 0.6 is 18.9 Å². The summed E-state index contributed by atoms with van der Waals surface area (Å²) >= 11 is 10.2. The summed E-state index contributed by atoms with van der Waals surface area (Å²) in [5, 5.41) is 0.500. The van der Waals surface area contributed by atoms with Crippen LogP contribution in [0.25, 0.3) is 0 Å². The highest BCUT2D eigenvalue weighted by Crippen LogP contribution is 2.55. The normalized spacial score (nSPS) is 23.4. The molecule has 6 heteroatoms. The first kappa shape index (κ1) is 13.5. The predicted molar refractivity (Wildman–Crippen MR) is 68.6 cm³/mol.